The van der Waals surface area contributed by atoms with Crippen LogP contribution in [-0.2, 0) is 17.9 Å². The van der Waals surface area contributed by atoms with Crippen molar-refractivity contribution in [3.8, 4) is 0 Å². The fourth-order valence-electron chi connectivity index (χ4n) is 4.22. The smallest absolute Gasteiger partial charge is 0.267 e. The lowest BCUT2D eigenvalue weighted by atomic mass is 10.1. The number of rotatable bonds is 9. The molecule has 0 bridgehead atoms. The van der Waals surface area contributed by atoms with Gasteiger partial charge in [-0.1, -0.05) is 36.4 Å². The molecule has 6 nitrogen and oxygen atoms in total. The number of hydrogen-bond acceptors (Lipinski definition) is 4. The zero-order valence-corrected chi connectivity index (χ0v) is 17.8. The van der Waals surface area contributed by atoms with Crippen LogP contribution in [0.3, 0.4) is 0 Å². The Kier molecular flexibility index (Phi) is 7.14. The summed E-state index contributed by atoms with van der Waals surface area (Å²) in [6.07, 6.45) is 7.91. The lowest BCUT2D eigenvalue weighted by Gasteiger charge is -2.14. The van der Waals surface area contributed by atoms with E-state index in [1.807, 2.05) is 12.1 Å². The quantitative estimate of drug-likeness (QED) is 0.216. The summed E-state index contributed by atoms with van der Waals surface area (Å²) < 4.78 is 2.29. The SMILES string of the molecule is O=C(/C=C/c1ccc2c(c1)c(CNCCN1CCCC1)cn2Cc1ccccc1)NO. The highest BCUT2D eigenvalue weighted by Crippen LogP contribution is 2.25. The molecule has 0 saturated carbocycles. The normalized spacial score (nSPS) is 14.6. The Bertz CT molecular complexity index is 1040. The Balaban J connectivity index is 1.54. The molecule has 1 aliphatic rings. The molecule has 2 aromatic carbocycles. The van der Waals surface area contributed by atoms with Crippen molar-refractivity contribution in [3.63, 3.8) is 0 Å². The molecule has 6 heteroatoms. The van der Waals surface area contributed by atoms with Crippen molar-refractivity contribution >= 4 is 22.9 Å². The van der Waals surface area contributed by atoms with Gasteiger partial charge in [0.05, 0.1) is 0 Å². The number of carbonyl (C=O) groups excluding carboxylic acids is 1. The second-order valence-electron chi connectivity index (χ2n) is 8.08. The van der Waals surface area contributed by atoms with Gasteiger partial charge in [-0.2, -0.15) is 0 Å². The predicted octanol–water partition coefficient (Wildman–Crippen LogP) is 3.39. The molecule has 31 heavy (non-hydrogen) atoms. The highest BCUT2D eigenvalue weighted by Gasteiger charge is 2.12. The van der Waals surface area contributed by atoms with Gasteiger partial charge in [-0.15, -0.1) is 0 Å². The minimum absolute atomic E-state index is 0.537. The van der Waals surface area contributed by atoms with E-state index in [-0.39, 0.29) is 0 Å². The highest BCUT2D eigenvalue weighted by atomic mass is 16.5. The molecule has 0 radical (unpaired) electrons. The van der Waals surface area contributed by atoms with Crippen molar-refractivity contribution in [2.75, 3.05) is 26.2 Å². The minimum Gasteiger partial charge on any atom is -0.343 e. The van der Waals surface area contributed by atoms with Crippen molar-refractivity contribution < 1.29 is 10.0 Å². The number of aromatic nitrogens is 1. The molecule has 4 rings (SSSR count). The molecule has 3 N–H and O–H groups in total. The van der Waals surface area contributed by atoms with E-state index >= 15 is 0 Å². The van der Waals surface area contributed by atoms with Gasteiger partial charge < -0.3 is 14.8 Å². The lowest BCUT2D eigenvalue weighted by Crippen LogP contribution is -2.29. The average Bonchev–Trinajstić information content (AvgIpc) is 3.44. The first-order valence-corrected chi connectivity index (χ1v) is 10.9. The van der Waals surface area contributed by atoms with E-state index in [9.17, 15) is 4.79 Å². The number of nitrogens with zero attached hydrogens (tertiary/aromatic N) is 2. The van der Waals surface area contributed by atoms with E-state index in [1.54, 1.807) is 11.6 Å². The standard InChI is InChI=1S/C25H30N4O2/c30-25(27-31)11-9-20-8-10-24-23(16-20)22(17-26-12-15-28-13-4-5-14-28)19-29(24)18-21-6-2-1-3-7-21/h1-3,6-11,16,19,26,31H,4-5,12-15,17-18H2,(H,27,30)/b11-9+. The van der Waals surface area contributed by atoms with Gasteiger partial charge in [0.15, 0.2) is 0 Å². The van der Waals surface area contributed by atoms with Crippen molar-refractivity contribution in [2.24, 2.45) is 0 Å². The molecular formula is C25H30N4O2. The first-order valence-electron chi connectivity index (χ1n) is 10.9. The molecule has 0 aliphatic carbocycles. The maximum Gasteiger partial charge on any atom is 0.267 e. The first kappa shape index (κ1) is 21.3. The van der Waals surface area contributed by atoms with E-state index in [0.717, 1.165) is 31.7 Å². The summed E-state index contributed by atoms with van der Waals surface area (Å²) in [5, 5.41) is 13.5. The maximum atomic E-state index is 11.3. The van der Waals surface area contributed by atoms with Gasteiger partial charge in [-0.05, 0) is 60.8 Å². The number of likely N-dealkylation sites (tertiary alicyclic amines) is 1. The van der Waals surface area contributed by atoms with Crippen LogP contribution in [-0.4, -0.2) is 46.8 Å². The molecule has 1 amide bonds. The fraction of sp³-hybridized carbons (Fsp3) is 0.320. The summed E-state index contributed by atoms with van der Waals surface area (Å²) in [6, 6.07) is 16.7. The molecular weight excluding hydrogens is 388 g/mol. The van der Waals surface area contributed by atoms with E-state index < -0.39 is 5.91 Å². The van der Waals surface area contributed by atoms with E-state index in [2.05, 4.69) is 57.4 Å². The number of hydroxylamine groups is 1. The fourth-order valence-corrected chi connectivity index (χ4v) is 4.22. The van der Waals surface area contributed by atoms with Gasteiger partial charge in [0.1, 0.15) is 0 Å². The van der Waals surface area contributed by atoms with E-state index in [4.69, 9.17) is 5.21 Å². The van der Waals surface area contributed by atoms with Crippen LogP contribution in [0.2, 0.25) is 0 Å². The minimum atomic E-state index is -0.537. The van der Waals surface area contributed by atoms with Gasteiger partial charge in [0, 0.05) is 49.4 Å². The van der Waals surface area contributed by atoms with Crippen LogP contribution >= 0.6 is 0 Å². The number of fused-ring (bicyclic) bond motifs is 1. The molecule has 3 aromatic rings. The van der Waals surface area contributed by atoms with Crippen LogP contribution in [0.1, 0.15) is 29.5 Å². The number of benzene rings is 2. The molecule has 0 unspecified atom stereocenters. The largest absolute Gasteiger partial charge is 0.343 e. The maximum absolute atomic E-state index is 11.3. The zero-order chi connectivity index (χ0) is 21.5. The van der Waals surface area contributed by atoms with Crippen LogP contribution in [0.25, 0.3) is 17.0 Å². The van der Waals surface area contributed by atoms with Gasteiger partial charge in [-0.25, -0.2) is 5.48 Å². The van der Waals surface area contributed by atoms with E-state index in [1.165, 1.54) is 54.0 Å². The lowest BCUT2D eigenvalue weighted by molar-refractivity contribution is -0.124. The van der Waals surface area contributed by atoms with Gasteiger partial charge in [0.25, 0.3) is 5.91 Å². The highest BCUT2D eigenvalue weighted by molar-refractivity contribution is 5.92. The summed E-state index contributed by atoms with van der Waals surface area (Å²) in [5.74, 6) is -0.537. The molecule has 1 aromatic heterocycles. The van der Waals surface area contributed by atoms with Crippen LogP contribution in [0.5, 0.6) is 0 Å². The third kappa shape index (κ3) is 5.61. The Labute approximate surface area is 183 Å². The Hall–Kier alpha value is -2.93. The summed E-state index contributed by atoms with van der Waals surface area (Å²) in [5.41, 5.74) is 6.23. The Morgan fingerprint density at radius 2 is 1.90 bits per heavy atom. The summed E-state index contributed by atoms with van der Waals surface area (Å²) >= 11 is 0. The second kappa shape index (κ2) is 10.4. The van der Waals surface area contributed by atoms with Crippen molar-refractivity contribution in [2.45, 2.75) is 25.9 Å². The molecule has 1 saturated heterocycles. The van der Waals surface area contributed by atoms with Crippen molar-refractivity contribution in [1.29, 1.82) is 0 Å². The molecule has 1 fully saturated rings. The molecule has 2 heterocycles. The van der Waals surface area contributed by atoms with Gasteiger partial charge in [-0.3, -0.25) is 10.0 Å². The van der Waals surface area contributed by atoms with Crippen molar-refractivity contribution in [1.82, 2.24) is 20.3 Å². The second-order valence-corrected chi connectivity index (χ2v) is 8.08. The molecule has 0 atom stereocenters. The van der Waals surface area contributed by atoms with Crippen molar-refractivity contribution in [3.05, 3.63) is 77.5 Å². The zero-order valence-electron chi connectivity index (χ0n) is 17.8. The predicted molar refractivity (Wildman–Crippen MR) is 124 cm³/mol. The summed E-state index contributed by atoms with van der Waals surface area (Å²) in [4.78, 5) is 13.9. The van der Waals surface area contributed by atoms with Crippen LogP contribution in [0.4, 0.5) is 0 Å². The summed E-state index contributed by atoms with van der Waals surface area (Å²) in [6.45, 7) is 6.11. The topological polar surface area (TPSA) is 69.5 Å². The first-order chi connectivity index (χ1) is 15.2. The average molecular weight is 419 g/mol. The van der Waals surface area contributed by atoms with Gasteiger partial charge in [0.2, 0.25) is 0 Å². The molecule has 1 aliphatic heterocycles. The summed E-state index contributed by atoms with van der Waals surface area (Å²) in [7, 11) is 0. The molecule has 162 valence electrons. The monoisotopic (exact) mass is 418 g/mol. The van der Waals surface area contributed by atoms with Crippen LogP contribution in [0, 0.1) is 0 Å². The van der Waals surface area contributed by atoms with Gasteiger partial charge >= 0.3 is 0 Å². The Morgan fingerprint density at radius 1 is 1.10 bits per heavy atom. The number of amides is 1. The number of hydrogen-bond donors (Lipinski definition) is 3. The number of nitrogens with one attached hydrogen (secondary N) is 2. The van der Waals surface area contributed by atoms with E-state index in [0.29, 0.717) is 0 Å². The third-order valence-corrected chi connectivity index (χ3v) is 5.84. The van der Waals surface area contributed by atoms with Crippen LogP contribution < -0.4 is 10.8 Å². The van der Waals surface area contributed by atoms with Crippen LogP contribution in [0.15, 0.2) is 60.8 Å². The Morgan fingerprint density at radius 3 is 2.68 bits per heavy atom. The number of carbonyl (C=O) groups is 1. The third-order valence-electron chi connectivity index (χ3n) is 5.84. The molecule has 0 spiro atoms.